The second kappa shape index (κ2) is 12.8. The number of ether oxygens (including phenoxy) is 1. The fourth-order valence-electron chi connectivity index (χ4n) is 5.08. The van der Waals surface area contributed by atoms with Crippen LogP contribution in [-0.2, 0) is 4.74 Å². The SMILES string of the molecule is CC.CNc1cc(-c2ccn3c(C(C)N4CCN(CC(F)(F)F)CC4)c(C)c(C(=O)OC(C)C)cc23)ccn1. The van der Waals surface area contributed by atoms with E-state index in [-0.39, 0.29) is 12.1 Å². The van der Waals surface area contributed by atoms with Crippen molar-refractivity contribution in [3.05, 3.63) is 53.5 Å². The molecule has 1 aliphatic heterocycles. The van der Waals surface area contributed by atoms with E-state index in [1.807, 2.05) is 79.1 Å². The van der Waals surface area contributed by atoms with Crippen molar-refractivity contribution in [1.29, 1.82) is 0 Å². The number of anilines is 1. The summed E-state index contributed by atoms with van der Waals surface area (Å²) < 4.78 is 46.3. The lowest BCUT2D eigenvalue weighted by molar-refractivity contribution is -0.149. The van der Waals surface area contributed by atoms with Gasteiger partial charge in [0.1, 0.15) is 5.82 Å². The van der Waals surface area contributed by atoms with Crippen molar-refractivity contribution in [2.24, 2.45) is 0 Å². The van der Waals surface area contributed by atoms with Gasteiger partial charge in [0.2, 0.25) is 0 Å². The van der Waals surface area contributed by atoms with Gasteiger partial charge >= 0.3 is 12.1 Å². The monoisotopic (exact) mass is 547 g/mol. The van der Waals surface area contributed by atoms with E-state index >= 15 is 0 Å². The number of halogens is 3. The Bertz CT molecular complexity index is 1260. The second-order valence-corrected chi connectivity index (χ2v) is 9.79. The average Bonchev–Trinajstić information content (AvgIpc) is 3.31. The predicted molar refractivity (Wildman–Crippen MR) is 149 cm³/mol. The zero-order valence-corrected chi connectivity index (χ0v) is 23.9. The summed E-state index contributed by atoms with van der Waals surface area (Å²) in [5, 5.41) is 3.05. The molecule has 0 spiro atoms. The van der Waals surface area contributed by atoms with Crippen molar-refractivity contribution in [1.82, 2.24) is 19.2 Å². The van der Waals surface area contributed by atoms with Crippen LogP contribution in [0.25, 0.3) is 16.6 Å². The Morgan fingerprint density at radius 2 is 1.77 bits per heavy atom. The minimum atomic E-state index is -4.21. The molecule has 1 atom stereocenters. The molecule has 214 valence electrons. The lowest BCUT2D eigenvalue weighted by Gasteiger charge is -2.39. The molecule has 1 unspecified atom stereocenters. The number of fused-ring (bicyclic) bond motifs is 1. The Morgan fingerprint density at radius 3 is 2.36 bits per heavy atom. The van der Waals surface area contributed by atoms with Crippen LogP contribution in [0, 0.1) is 6.92 Å². The van der Waals surface area contributed by atoms with Gasteiger partial charge in [-0.05, 0) is 63.1 Å². The molecule has 1 N–H and O–H groups in total. The first kappa shape index (κ1) is 30.4. The van der Waals surface area contributed by atoms with Crippen molar-refractivity contribution < 1.29 is 22.7 Å². The number of piperazine rings is 1. The van der Waals surface area contributed by atoms with E-state index in [4.69, 9.17) is 4.74 Å². The second-order valence-electron chi connectivity index (χ2n) is 9.79. The van der Waals surface area contributed by atoms with Crippen LogP contribution in [-0.4, -0.2) is 77.2 Å². The van der Waals surface area contributed by atoms with Gasteiger partial charge in [-0.3, -0.25) is 9.80 Å². The van der Waals surface area contributed by atoms with E-state index in [0.717, 1.165) is 33.7 Å². The Balaban J connectivity index is 0.00000205. The minimum absolute atomic E-state index is 0.132. The van der Waals surface area contributed by atoms with Crippen LogP contribution < -0.4 is 5.32 Å². The van der Waals surface area contributed by atoms with Crippen LogP contribution in [0.4, 0.5) is 19.0 Å². The third kappa shape index (κ3) is 7.10. The first-order chi connectivity index (χ1) is 18.5. The van der Waals surface area contributed by atoms with Gasteiger partial charge in [-0.1, -0.05) is 13.8 Å². The third-order valence-electron chi connectivity index (χ3n) is 6.90. The minimum Gasteiger partial charge on any atom is -0.459 e. The molecule has 0 amide bonds. The molecule has 1 saturated heterocycles. The third-order valence-corrected chi connectivity index (χ3v) is 6.90. The van der Waals surface area contributed by atoms with Crippen LogP contribution in [0.1, 0.15) is 62.3 Å². The topological polar surface area (TPSA) is 62.1 Å². The summed E-state index contributed by atoms with van der Waals surface area (Å²) in [4.78, 5) is 21.1. The highest BCUT2D eigenvalue weighted by atomic mass is 19.4. The molecule has 7 nitrogen and oxygen atoms in total. The smallest absolute Gasteiger partial charge is 0.401 e. The maximum absolute atomic E-state index is 13.1. The summed E-state index contributed by atoms with van der Waals surface area (Å²) in [5.74, 6) is 0.338. The van der Waals surface area contributed by atoms with Crippen LogP contribution >= 0.6 is 0 Å². The largest absolute Gasteiger partial charge is 0.459 e. The molecule has 3 aromatic heterocycles. The molecule has 0 saturated carbocycles. The first-order valence-corrected chi connectivity index (χ1v) is 13.5. The van der Waals surface area contributed by atoms with Crippen molar-refractivity contribution in [2.45, 2.75) is 59.9 Å². The Labute approximate surface area is 229 Å². The van der Waals surface area contributed by atoms with Crippen LogP contribution in [0.5, 0.6) is 0 Å². The van der Waals surface area contributed by atoms with Crippen LogP contribution in [0.15, 0.2) is 36.7 Å². The van der Waals surface area contributed by atoms with Crippen molar-refractivity contribution in [2.75, 3.05) is 45.1 Å². The molecule has 0 radical (unpaired) electrons. The molecule has 4 heterocycles. The van der Waals surface area contributed by atoms with E-state index in [1.54, 1.807) is 6.20 Å². The normalized spacial score (nSPS) is 15.7. The van der Waals surface area contributed by atoms with Crippen LogP contribution in [0.2, 0.25) is 0 Å². The molecule has 4 rings (SSSR count). The van der Waals surface area contributed by atoms with Crippen molar-refractivity contribution >= 4 is 17.3 Å². The summed E-state index contributed by atoms with van der Waals surface area (Å²) >= 11 is 0. The highest BCUT2D eigenvalue weighted by Crippen LogP contribution is 2.34. The lowest BCUT2D eigenvalue weighted by atomic mass is 9.99. The lowest BCUT2D eigenvalue weighted by Crippen LogP contribution is -2.49. The Morgan fingerprint density at radius 1 is 1.10 bits per heavy atom. The molecule has 1 aliphatic rings. The number of hydrogen-bond acceptors (Lipinski definition) is 6. The number of hydrogen-bond donors (Lipinski definition) is 1. The summed E-state index contributed by atoms with van der Waals surface area (Å²) in [5.41, 5.74) is 4.96. The molecular formula is C29H40F3N5O2. The van der Waals surface area contributed by atoms with Gasteiger partial charge in [0.15, 0.2) is 0 Å². The van der Waals surface area contributed by atoms with Crippen molar-refractivity contribution in [3.8, 4) is 11.1 Å². The number of rotatable bonds is 7. The number of esters is 1. The number of carbonyl (C=O) groups excluding carboxylic acids is 1. The van der Waals surface area contributed by atoms with E-state index in [1.165, 1.54) is 4.90 Å². The number of pyridine rings is 2. The van der Waals surface area contributed by atoms with Gasteiger partial charge in [0.25, 0.3) is 0 Å². The van der Waals surface area contributed by atoms with Gasteiger partial charge < -0.3 is 14.5 Å². The molecule has 0 aromatic carbocycles. The van der Waals surface area contributed by atoms with Crippen LogP contribution in [0.3, 0.4) is 0 Å². The number of nitrogens with zero attached hydrogens (tertiary/aromatic N) is 4. The fourth-order valence-corrected chi connectivity index (χ4v) is 5.08. The van der Waals surface area contributed by atoms with Gasteiger partial charge in [0.05, 0.1) is 23.7 Å². The molecule has 1 fully saturated rings. The molecule has 10 heteroatoms. The van der Waals surface area contributed by atoms with E-state index in [0.29, 0.717) is 31.7 Å². The first-order valence-electron chi connectivity index (χ1n) is 13.5. The van der Waals surface area contributed by atoms with Gasteiger partial charge in [-0.25, -0.2) is 9.78 Å². The van der Waals surface area contributed by atoms with Crippen molar-refractivity contribution in [3.63, 3.8) is 0 Å². The highest BCUT2D eigenvalue weighted by molar-refractivity contribution is 5.95. The summed E-state index contributed by atoms with van der Waals surface area (Å²) in [6.07, 6.45) is -0.754. The van der Waals surface area contributed by atoms with E-state index < -0.39 is 18.7 Å². The van der Waals surface area contributed by atoms with E-state index in [2.05, 4.69) is 19.6 Å². The predicted octanol–water partition coefficient (Wildman–Crippen LogP) is 6.18. The zero-order valence-electron chi connectivity index (χ0n) is 23.9. The number of carbonyl (C=O) groups is 1. The maximum atomic E-state index is 13.1. The van der Waals surface area contributed by atoms with Gasteiger partial charge in [-0.2, -0.15) is 13.2 Å². The average molecular weight is 548 g/mol. The standard InChI is InChI=1S/C27H34F3N5O2.C2H6/c1-17(2)37-26(36)22-15-23-21(20-6-8-32-24(14-20)31-5)7-9-35(23)25(18(22)3)19(4)34-12-10-33(11-13-34)16-27(28,29)30;1-2/h6-9,14-15,17,19H,10-13,16H2,1-5H3,(H,31,32);1-2H3. The summed E-state index contributed by atoms with van der Waals surface area (Å²) in [6, 6.07) is 7.62. The Kier molecular flexibility index (Phi) is 10.0. The summed E-state index contributed by atoms with van der Waals surface area (Å²) in [7, 11) is 1.81. The zero-order chi connectivity index (χ0) is 28.9. The molecular weight excluding hydrogens is 507 g/mol. The highest BCUT2D eigenvalue weighted by Gasteiger charge is 2.34. The van der Waals surface area contributed by atoms with Gasteiger partial charge in [-0.15, -0.1) is 0 Å². The quantitative estimate of drug-likeness (QED) is 0.356. The Hall–Kier alpha value is -3.11. The number of alkyl halides is 3. The molecule has 0 bridgehead atoms. The molecule has 3 aromatic rings. The van der Waals surface area contributed by atoms with E-state index in [9.17, 15) is 18.0 Å². The fraction of sp³-hybridized carbons (Fsp3) is 0.517. The number of aromatic nitrogens is 2. The number of nitrogens with one attached hydrogen (secondary N) is 1. The van der Waals surface area contributed by atoms with Gasteiger partial charge in [0, 0.05) is 62.9 Å². The maximum Gasteiger partial charge on any atom is 0.401 e. The molecule has 0 aliphatic carbocycles. The molecule has 39 heavy (non-hydrogen) atoms. The summed E-state index contributed by atoms with van der Waals surface area (Å²) in [6.45, 7) is 12.4.